The van der Waals surface area contributed by atoms with E-state index >= 15 is 0 Å². The summed E-state index contributed by atoms with van der Waals surface area (Å²) in [5, 5.41) is 0. The van der Waals surface area contributed by atoms with Gasteiger partial charge in [0, 0.05) is 11.4 Å². The molecule has 0 atom stereocenters. The molecule has 2 rings (SSSR count). The van der Waals surface area contributed by atoms with Crippen molar-refractivity contribution in [1.29, 1.82) is 0 Å². The second kappa shape index (κ2) is 4.78. The molecular formula is C14H21N. The van der Waals surface area contributed by atoms with Crippen molar-refractivity contribution in [2.24, 2.45) is 5.92 Å². The largest absolute Gasteiger partial charge is 0.258 e. The van der Waals surface area contributed by atoms with Gasteiger partial charge in [-0.25, -0.2) is 0 Å². The Morgan fingerprint density at radius 1 is 1.13 bits per heavy atom. The number of aromatic nitrogens is 1. The van der Waals surface area contributed by atoms with Gasteiger partial charge < -0.3 is 0 Å². The van der Waals surface area contributed by atoms with Crippen molar-refractivity contribution in [3.8, 4) is 0 Å². The zero-order valence-electron chi connectivity index (χ0n) is 9.92. The second-order valence-corrected chi connectivity index (χ2v) is 4.91. The lowest BCUT2D eigenvalue weighted by atomic mass is 9.86. The zero-order valence-corrected chi connectivity index (χ0v) is 9.92. The van der Waals surface area contributed by atoms with Crippen molar-refractivity contribution < 1.29 is 0 Å². The summed E-state index contributed by atoms with van der Waals surface area (Å²) in [6.07, 6.45) is 8.31. The number of hydrogen-bond donors (Lipinski definition) is 0. The van der Waals surface area contributed by atoms with E-state index in [1.807, 2.05) is 0 Å². The molecule has 0 radical (unpaired) electrons. The Hall–Kier alpha value is -0.850. The molecule has 1 aliphatic carbocycles. The van der Waals surface area contributed by atoms with E-state index in [0.717, 1.165) is 5.92 Å². The van der Waals surface area contributed by atoms with Gasteiger partial charge in [-0.1, -0.05) is 38.2 Å². The van der Waals surface area contributed by atoms with E-state index in [4.69, 9.17) is 0 Å². The summed E-state index contributed by atoms with van der Waals surface area (Å²) in [7, 11) is 0. The third-order valence-corrected chi connectivity index (χ3v) is 3.63. The van der Waals surface area contributed by atoms with E-state index in [2.05, 4.69) is 31.0 Å². The standard InChI is InChI=1S/C14H21N/c1-11-8-9-14(15-12(11)2)10-13-6-4-3-5-7-13/h8-9,13H,3-7,10H2,1-2H3. The summed E-state index contributed by atoms with van der Waals surface area (Å²) in [4.78, 5) is 4.67. The first-order valence-electron chi connectivity index (χ1n) is 6.19. The van der Waals surface area contributed by atoms with Crippen LogP contribution in [0.25, 0.3) is 0 Å². The van der Waals surface area contributed by atoms with Gasteiger partial charge >= 0.3 is 0 Å². The van der Waals surface area contributed by atoms with Crippen LogP contribution >= 0.6 is 0 Å². The predicted molar refractivity (Wildman–Crippen MR) is 64.0 cm³/mol. The lowest BCUT2D eigenvalue weighted by Gasteiger charge is -2.21. The molecule has 1 saturated carbocycles. The van der Waals surface area contributed by atoms with E-state index in [9.17, 15) is 0 Å². The Morgan fingerprint density at radius 2 is 1.87 bits per heavy atom. The topological polar surface area (TPSA) is 12.9 Å². The fraction of sp³-hybridized carbons (Fsp3) is 0.643. The Labute approximate surface area is 92.9 Å². The van der Waals surface area contributed by atoms with Gasteiger partial charge in [0.1, 0.15) is 0 Å². The number of aryl methyl sites for hydroxylation is 2. The quantitative estimate of drug-likeness (QED) is 0.712. The summed E-state index contributed by atoms with van der Waals surface area (Å²) in [6.45, 7) is 4.24. The minimum Gasteiger partial charge on any atom is -0.258 e. The molecule has 0 unspecified atom stereocenters. The first-order valence-corrected chi connectivity index (χ1v) is 6.19. The minimum atomic E-state index is 0.897. The smallest absolute Gasteiger partial charge is 0.0409 e. The van der Waals surface area contributed by atoms with Crippen LogP contribution < -0.4 is 0 Å². The van der Waals surface area contributed by atoms with Crippen molar-refractivity contribution in [1.82, 2.24) is 4.98 Å². The normalized spacial score (nSPS) is 18.0. The van der Waals surface area contributed by atoms with Crippen LogP contribution in [-0.4, -0.2) is 4.98 Å². The Morgan fingerprint density at radius 3 is 2.53 bits per heavy atom. The molecule has 1 aliphatic rings. The molecule has 1 aromatic heterocycles. The maximum Gasteiger partial charge on any atom is 0.0409 e. The van der Waals surface area contributed by atoms with Crippen molar-refractivity contribution >= 4 is 0 Å². The van der Waals surface area contributed by atoms with E-state index < -0.39 is 0 Å². The van der Waals surface area contributed by atoms with Gasteiger partial charge in [-0.3, -0.25) is 4.98 Å². The van der Waals surface area contributed by atoms with Gasteiger partial charge in [0.15, 0.2) is 0 Å². The van der Waals surface area contributed by atoms with Crippen LogP contribution in [0, 0.1) is 19.8 Å². The molecular weight excluding hydrogens is 182 g/mol. The minimum absolute atomic E-state index is 0.897. The molecule has 1 nitrogen and oxygen atoms in total. The molecule has 0 amide bonds. The number of rotatable bonds is 2. The summed E-state index contributed by atoms with van der Waals surface area (Å²) in [6, 6.07) is 4.41. The van der Waals surface area contributed by atoms with Crippen molar-refractivity contribution in [3.05, 3.63) is 29.1 Å². The van der Waals surface area contributed by atoms with E-state index in [-0.39, 0.29) is 0 Å². The first kappa shape index (κ1) is 10.7. The molecule has 0 bridgehead atoms. The fourth-order valence-electron chi connectivity index (χ4n) is 2.48. The van der Waals surface area contributed by atoms with Gasteiger partial charge in [0.05, 0.1) is 0 Å². The van der Waals surface area contributed by atoms with Crippen LogP contribution in [0.1, 0.15) is 49.1 Å². The summed E-state index contributed by atoms with van der Waals surface area (Å²) < 4.78 is 0. The highest BCUT2D eigenvalue weighted by molar-refractivity contribution is 5.20. The van der Waals surface area contributed by atoms with Crippen LogP contribution in [0.5, 0.6) is 0 Å². The van der Waals surface area contributed by atoms with Crippen LogP contribution in [-0.2, 0) is 6.42 Å². The number of hydrogen-bond acceptors (Lipinski definition) is 1. The molecule has 15 heavy (non-hydrogen) atoms. The lowest BCUT2D eigenvalue weighted by molar-refractivity contribution is 0.354. The van der Waals surface area contributed by atoms with Gasteiger partial charge in [0.25, 0.3) is 0 Å². The molecule has 0 aliphatic heterocycles. The molecule has 0 aromatic carbocycles. The third kappa shape index (κ3) is 2.80. The van der Waals surface area contributed by atoms with Gasteiger partial charge in [-0.05, 0) is 37.8 Å². The number of nitrogens with zero attached hydrogens (tertiary/aromatic N) is 1. The highest BCUT2D eigenvalue weighted by Gasteiger charge is 2.14. The van der Waals surface area contributed by atoms with Gasteiger partial charge in [0.2, 0.25) is 0 Å². The molecule has 1 aromatic rings. The Balaban J connectivity index is 2.00. The first-order chi connectivity index (χ1) is 7.25. The molecule has 1 fully saturated rings. The van der Waals surface area contributed by atoms with E-state index in [1.54, 1.807) is 0 Å². The predicted octanol–water partition coefficient (Wildman–Crippen LogP) is 3.82. The van der Waals surface area contributed by atoms with Crippen LogP contribution in [0.15, 0.2) is 12.1 Å². The molecule has 0 N–H and O–H groups in total. The fourth-order valence-corrected chi connectivity index (χ4v) is 2.48. The number of pyridine rings is 1. The molecule has 1 heteroatoms. The molecule has 0 saturated heterocycles. The Bertz CT molecular complexity index is 324. The van der Waals surface area contributed by atoms with Gasteiger partial charge in [-0.15, -0.1) is 0 Å². The van der Waals surface area contributed by atoms with Gasteiger partial charge in [-0.2, -0.15) is 0 Å². The maximum absolute atomic E-state index is 4.67. The summed E-state index contributed by atoms with van der Waals surface area (Å²) in [5.74, 6) is 0.897. The average Bonchev–Trinajstić information content (AvgIpc) is 2.25. The van der Waals surface area contributed by atoms with Crippen LogP contribution in [0.2, 0.25) is 0 Å². The van der Waals surface area contributed by atoms with Crippen molar-refractivity contribution in [3.63, 3.8) is 0 Å². The Kier molecular flexibility index (Phi) is 3.40. The summed E-state index contributed by atoms with van der Waals surface area (Å²) in [5.41, 5.74) is 3.80. The highest BCUT2D eigenvalue weighted by atomic mass is 14.7. The van der Waals surface area contributed by atoms with Crippen LogP contribution in [0.4, 0.5) is 0 Å². The third-order valence-electron chi connectivity index (χ3n) is 3.63. The maximum atomic E-state index is 4.67. The highest BCUT2D eigenvalue weighted by Crippen LogP contribution is 2.26. The molecule has 0 spiro atoms. The monoisotopic (exact) mass is 203 g/mol. The van der Waals surface area contributed by atoms with Crippen LogP contribution in [0.3, 0.4) is 0 Å². The van der Waals surface area contributed by atoms with Crippen molar-refractivity contribution in [2.75, 3.05) is 0 Å². The summed E-state index contributed by atoms with van der Waals surface area (Å²) >= 11 is 0. The van der Waals surface area contributed by atoms with Crippen molar-refractivity contribution in [2.45, 2.75) is 52.4 Å². The van der Waals surface area contributed by atoms with E-state index in [1.165, 1.54) is 55.5 Å². The molecule has 1 heterocycles. The second-order valence-electron chi connectivity index (χ2n) is 4.91. The SMILES string of the molecule is Cc1ccc(CC2CCCCC2)nc1C. The zero-order chi connectivity index (χ0) is 10.7. The molecule has 82 valence electrons. The average molecular weight is 203 g/mol. The lowest BCUT2D eigenvalue weighted by Crippen LogP contribution is -2.10. The van der Waals surface area contributed by atoms with E-state index in [0.29, 0.717) is 0 Å².